The Bertz CT molecular complexity index is 112. The Balaban J connectivity index is 2.03. The summed E-state index contributed by atoms with van der Waals surface area (Å²) in [6, 6.07) is 0. The summed E-state index contributed by atoms with van der Waals surface area (Å²) >= 11 is 0. The second-order valence-electron chi connectivity index (χ2n) is 2.43. The van der Waals surface area contributed by atoms with Gasteiger partial charge in [-0.15, -0.1) is 0 Å². The molecule has 1 rings (SSSR count). The predicted molar refractivity (Wildman–Crippen MR) is 39.7 cm³/mol. The van der Waals surface area contributed by atoms with Crippen molar-refractivity contribution in [1.82, 2.24) is 0 Å². The highest BCUT2D eigenvalue weighted by Crippen LogP contribution is 2.26. The van der Waals surface area contributed by atoms with Crippen molar-refractivity contribution in [3.63, 3.8) is 0 Å². The van der Waals surface area contributed by atoms with Crippen LogP contribution in [0.2, 0.25) is 0 Å². The number of hydrogen-bond acceptors (Lipinski definition) is 2. The minimum Gasteiger partial charge on any atom is -0.330 e. The molecule has 0 saturated heterocycles. The molecular weight excluding hydrogens is 134 g/mol. The van der Waals surface area contributed by atoms with Gasteiger partial charge >= 0.3 is 0 Å². The molecule has 1 fully saturated rings. The molecule has 0 aliphatic heterocycles. The van der Waals surface area contributed by atoms with E-state index in [1.807, 2.05) is 0 Å². The van der Waals surface area contributed by atoms with Crippen molar-refractivity contribution in [2.45, 2.75) is 24.5 Å². The lowest BCUT2D eigenvalue weighted by Gasteiger charge is -1.95. The molecule has 9 heavy (non-hydrogen) atoms. The predicted octanol–water partition coefficient (Wildman–Crippen LogP) is 0.246. The zero-order valence-corrected chi connectivity index (χ0v) is 6.32. The van der Waals surface area contributed by atoms with E-state index in [0.29, 0.717) is 11.8 Å². The maximum Gasteiger partial charge on any atom is 0.0348 e. The second-order valence-corrected chi connectivity index (χ2v) is 4.26. The van der Waals surface area contributed by atoms with Crippen molar-refractivity contribution >= 4 is 10.8 Å². The standard InChI is InChI=1S/C6H13NOS/c7-4-1-5-9(8)6-2-3-6/h6H,1-5,7H2. The zero-order valence-electron chi connectivity index (χ0n) is 5.51. The third kappa shape index (κ3) is 2.45. The molecule has 0 radical (unpaired) electrons. The molecule has 0 aromatic carbocycles. The fourth-order valence-electron chi connectivity index (χ4n) is 0.723. The second kappa shape index (κ2) is 3.32. The Morgan fingerprint density at radius 3 is 2.67 bits per heavy atom. The first-order chi connectivity index (χ1) is 4.34. The molecule has 0 amide bonds. The van der Waals surface area contributed by atoms with Crippen molar-refractivity contribution in [1.29, 1.82) is 0 Å². The third-order valence-corrected chi connectivity index (χ3v) is 3.35. The highest BCUT2D eigenvalue weighted by molar-refractivity contribution is 7.85. The van der Waals surface area contributed by atoms with Gasteiger partial charge in [-0.25, -0.2) is 0 Å². The van der Waals surface area contributed by atoms with Gasteiger partial charge < -0.3 is 5.73 Å². The van der Waals surface area contributed by atoms with Crippen molar-refractivity contribution in [2.24, 2.45) is 5.73 Å². The van der Waals surface area contributed by atoms with Gasteiger partial charge in [0.2, 0.25) is 0 Å². The van der Waals surface area contributed by atoms with Crippen LogP contribution in [0.15, 0.2) is 0 Å². The molecular formula is C6H13NOS. The van der Waals surface area contributed by atoms with Crippen LogP contribution in [-0.2, 0) is 10.8 Å². The van der Waals surface area contributed by atoms with E-state index in [4.69, 9.17) is 5.73 Å². The van der Waals surface area contributed by atoms with Crippen LogP contribution < -0.4 is 5.73 Å². The monoisotopic (exact) mass is 147 g/mol. The number of rotatable bonds is 4. The first kappa shape index (κ1) is 7.22. The lowest BCUT2D eigenvalue weighted by atomic mass is 10.5. The summed E-state index contributed by atoms with van der Waals surface area (Å²) in [5.41, 5.74) is 5.26. The summed E-state index contributed by atoms with van der Waals surface area (Å²) < 4.78 is 11.0. The molecule has 1 aliphatic carbocycles. The van der Waals surface area contributed by atoms with Gasteiger partial charge in [0.05, 0.1) is 0 Å². The van der Waals surface area contributed by atoms with E-state index in [1.54, 1.807) is 0 Å². The summed E-state index contributed by atoms with van der Waals surface area (Å²) in [7, 11) is -0.541. The average molecular weight is 147 g/mol. The Labute approximate surface area is 58.3 Å². The fraction of sp³-hybridized carbons (Fsp3) is 1.00. The van der Waals surface area contributed by atoms with Crippen LogP contribution in [0.25, 0.3) is 0 Å². The van der Waals surface area contributed by atoms with Crippen LogP contribution in [0.1, 0.15) is 19.3 Å². The topological polar surface area (TPSA) is 43.1 Å². The molecule has 2 N–H and O–H groups in total. The highest BCUT2D eigenvalue weighted by atomic mass is 32.2. The lowest BCUT2D eigenvalue weighted by Crippen LogP contribution is -2.08. The number of nitrogens with two attached hydrogens (primary N) is 1. The Kier molecular flexibility index (Phi) is 2.66. The summed E-state index contributed by atoms with van der Waals surface area (Å²) in [6.45, 7) is 0.679. The van der Waals surface area contributed by atoms with E-state index in [-0.39, 0.29) is 0 Å². The van der Waals surface area contributed by atoms with Crippen molar-refractivity contribution < 1.29 is 4.21 Å². The molecule has 0 bridgehead atoms. The van der Waals surface area contributed by atoms with Gasteiger partial charge in [0.25, 0.3) is 0 Å². The summed E-state index contributed by atoms with van der Waals surface area (Å²) in [5, 5.41) is 0.538. The molecule has 0 spiro atoms. The maximum atomic E-state index is 11.0. The molecule has 0 aromatic rings. The minimum atomic E-state index is -0.541. The fourth-order valence-corrected chi connectivity index (χ4v) is 2.17. The van der Waals surface area contributed by atoms with Crippen molar-refractivity contribution in [3.8, 4) is 0 Å². The zero-order chi connectivity index (χ0) is 6.69. The first-order valence-corrected chi connectivity index (χ1v) is 4.80. The van der Waals surface area contributed by atoms with Gasteiger partial charge in [0.15, 0.2) is 0 Å². The molecule has 1 aliphatic rings. The largest absolute Gasteiger partial charge is 0.330 e. The minimum absolute atomic E-state index is 0.538. The van der Waals surface area contributed by atoms with E-state index in [2.05, 4.69) is 0 Å². The molecule has 54 valence electrons. The first-order valence-electron chi connectivity index (χ1n) is 3.42. The van der Waals surface area contributed by atoms with E-state index in [1.165, 1.54) is 12.8 Å². The molecule has 0 aromatic heterocycles. The van der Waals surface area contributed by atoms with E-state index in [9.17, 15) is 4.21 Å². The van der Waals surface area contributed by atoms with Crippen molar-refractivity contribution in [2.75, 3.05) is 12.3 Å². The highest BCUT2D eigenvalue weighted by Gasteiger charge is 2.27. The SMILES string of the molecule is NCCCS(=O)C1CC1. The molecule has 2 nitrogen and oxygen atoms in total. The van der Waals surface area contributed by atoms with Crippen molar-refractivity contribution in [3.05, 3.63) is 0 Å². The third-order valence-electron chi connectivity index (χ3n) is 1.45. The van der Waals surface area contributed by atoms with Gasteiger partial charge in [-0.2, -0.15) is 0 Å². The summed E-state index contributed by atoms with van der Waals surface area (Å²) in [4.78, 5) is 0. The Morgan fingerprint density at radius 1 is 1.56 bits per heavy atom. The normalized spacial score (nSPS) is 21.9. The molecule has 3 heteroatoms. The van der Waals surface area contributed by atoms with Crippen LogP contribution in [0.3, 0.4) is 0 Å². The van der Waals surface area contributed by atoms with Crippen LogP contribution >= 0.6 is 0 Å². The molecule has 1 unspecified atom stereocenters. The van der Waals surface area contributed by atoms with Gasteiger partial charge in [0, 0.05) is 21.8 Å². The van der Waals surface area contributed by atoms with Gasteiger partial charge in [-0.1, -0.05) is 0 Å². The van der Waals surface area contributed by atoms with Crippen LogP contribution in [0.5, 0.6) is 0 Å². The van der Waals surface area contributed by atoms with E-state index >= 15 is 0 Å². The number of hydrogen-bond donors (Lipinski definition) is 1. The lowest BCUT2D eigenvalue weighted by molar-refractivity contribution is 0.680. The van der Waals surface area contributed by atoms with Gasteiger partial charge in [-0.3, -0.25) is 4.21 Å². The summed E-state index contributed by atoms with van der Waals surface area (Å²) in [5.74, 6) is 0.821. The average Bonchev–Trinajstić information content (AvgIpc) is 2.63. The Hall–Kier alpha value is 0.110. The quantitative estimate of drug-likeness (QED) is 0.619. The van der Waals surface area contributed by atoms with E-state index < -0.39 is 10.8 Å². The molecule has 0 heterocycles. The van der Waals surface area contributed by atoms with Gasteiger partial charge in [-0.05, 0) is 25.8 Å². The smallest absolute Gasteiger partial charge is 0.0348 e. The molecule has 1 saturated carbocycles. The van der Waals surface area contributed by atoms with Crippen LogP contribution in [0.4, 0.5) is 0 Å². The van der Waals surface area contributed by atoms with E-state index in [0.717, 1.165) is 12.2 Å². The maximum absolute atomic E-state index is 11.0. The molecule has 1 atom stereocenters. The van der Waals surface area contributed by atoms with Crippen LogP contribution in [0, 0.1) is 0 Å². The van der Waals surface area contributed by atoms with Crippen LogP contribution in [-0.4, -0.2) is 21.8 Å². The summed E-state index contributed by atoms with van der Waals surface area (Å²) in [6.07, 6.45) is 3.28. The Morgan fingerprint density at radius 2 is 2.22 bits per heavy atom. The van der Waals surface area contributed by atoms with Gasteiger partial charge in [0.1, 0.15) is 0 Å².